The maximum Gasteiger partial charge on any atom is 0.248 e. The summed E-state index contributed by atoms with van der Waals surface area (Å²) in [5.74, 6) is 0.118. The SMILES string of the molecule is COCC(NCc1ccc(C(N)=O)cc1C)C(C)C. The lowest BCUT2D eigenvalue weighted by molar-refractivity contribution is 0.1000. The number of nitrogens with two attached hydrogens (primary N) is 1. The summed E-state index contributed by atoms with van der Waals surface area (Å²) in [5.41, 5.74) is 8.06. The summed E-state index contributed by atoms with van der Waals surface area (Å²) >= 11 is 0. The fraction of sp³-hybridized carbons (Fsp3) is 0.533. The predicted molar refractivity (Wildman–Crippen MR) is 77.0 cm³/mol. The number of benzene rings is 1. The Morgan fingerprint density at radius 2 is 2.11 bits per heavy atom. The van der Waals surface area contributed by atoms with Crippen molar-refractivity contribution in [1.82, 2.24) is 5.32 Å². The molecule has 3 N–H and O–H groups in total. The summed E-state index contributed by atoms with van der Waals surface area (Å²) in [6.07, 6.45) is 0. The largest absolute Gasteiger partial charge is 0.383 e. The number of carbonyl (C=O) groups excluding carboxylic acids is 1. The van der Waals surface area contributed by atoms with Gasteiger partial charge in [0, 0.05) is 25.3 Å². The first-order chi connectivity index (χ1) is 8.95. The van der Waals surface area contributed by atoms with Gasteiger partial charge in [-0.25, -0.2) is 0 Å². The highest BCUT2D eigenvalue weighted by molar-refractivity contribution is 5.93. The van der Waals surface area contributed by atoms with Gasteiger partial charge in [0.25, 0.3) is 0 Å². The van der Waals surface area contributed by atoms with Crippen LogP contribution in [0.3, 0.4) is 0 Å². The number of carbonyl (C=O) groups is 1. The van der Waals surface area contributed by atoms with Gasteiger partial charge >= 0.3 is 0 Å². The lowest BCUT2D eigenvalue weighted by Crippen LogP contribution is -2.37. The van der Waals surface area contributed by atoms with Gasteiger partial charge in [-0.1, -0.05) is 19.9 Å². The monoisotopic (exact) mass is 264 g/mol. The van der Waals surface area contributed by atoms with Crippen molar-refractivity contribution in [2.45, 2.75) is 33.4 Å². The van der Waals surface area contributed by atoms with E-state index in [0.717, 1.165) is 12.1 Å². The van der Waals surface area contributed by atoms with Crippen LogP contribution in [-0.4, -0.2) is 25.7 Å². The third kappa shape index (κ3) is 4.65. The zero-order valence-corrected chi connectivity index (χ0v) is 12.2. The average Bonchev–Trinajstić information content (AvgIpc) is 2.35. The van der Waals surface area contributed by atoms with Gasteiger partial charge in [0.1, 0.15) is 0 Å². The van der Waals surface area contributed by atoms with E-state index in [-0.39, 0.29) is 5.91 Å². The molecule has 4 nitrogen and oxygen atoms in total. The Morgan fingerprint density at radius 3 is 2.58 bits per heavy atom. The van der Waals surface area contributed by atoms with Gasteiger partial charge in [0.05, 0.1) is 6.61 Å². The number of methoxy groups -OCH3 is 1. The van der Waals surface area contributed by atoms with Crippen LogP contribution < -0.4 is 11.1 Å². The van der Waals surface area contributed by atoms with Crippen LogP contribution >= 0.6 is 0 Å². The van der Waals surface area contributed by atoms with E-state index >= 15 is 0 Å². The average molecular weight is 264 g/mol. The lowest BCUT2D eigenvalue weighted by atomic mass is 10.0. The maximum absolute atomic E-state index is 11.1. The minimum Gasteiger partial charge on any atom is -0.383 e. The van der Waals surface area contributed by atoms with E-state index in [2.05, 4.69) is 19.2 Å². The van der Waals surface area contributed by atoms with Gasteiger partial charge in [-0.15, -0.1) is 0 Å². The molecule has 1 atom stereocenters. The van der Waals surface area contributed by atoms with Crippen molar-refractivity contribution >= 4 is 5.91 Å². The van der Waals surface area contributed by atoms with E-state index in [4.69, 9.17) is 10.5 Å². The zero-order chi connectivity index (χ0) is 14.4. The molecule has 1 amide bonds. The quantitative estimate of drug-likeness (QED) is 0.790. The molecule has 0 radical (unpaired) electrons. The molecular formula is C15H24N2O2. The predicted octanol–water partition coefficient (Wildman–Crippen LogP) is 1.85. The van der Waals surface area contributed by atoms with Crippen molar-refractivity contribution in [2.24, 2.45) is 11.7 Å². The van der Waals surface area contributed by atoms with Crippen LogP contribution in [0.25, 0.3) is 0 Å². The zero-order valence-electron chi connectivity index (χ0n) is 12.2. The van der Waals surface area contributed by atoms with Crippen LogP contribution in [0.4, 0.5) is 0 Å². The van der Waals surface area contributed by atoms with Gasteiger partial charge in [0.15, 0.2) is 0 Å². The van der Waals surface area contributed by atoms with Gasteiger partial charge in [-0.2, -0.15) is 0 Å². The summed E-state index contributed by atoms with van der Waals surface area (Å²) in [4.78, 5) is 11.1. The Balaban J connectivity index is 2.69. The van der Waals surface area contributed by atoms with Crippen molar-refractivity contribution < 1.29 is 9.53 Å². The molecule has 0 spiro atoms. The molecule has 0 aromatic heterocycles. The highest BCUT2D eigenvalue weighted by Crippen LogP contribution is 2.12. The summed E-state index contributed by atoms with van der Waals surface area (Å²) in [6.45, 7) is 7.77. The third-order valence-electron chi connectivity index (χ3n) is 3.33. The molecule has 1 aromatic carbocycles. The first kappa shape index (κ1) is 15.7. The van der Waals surface area contributed by atoms with Crippen molar-refractivity contribution in [3.8, 4) is 0 Å². The molecular weight excluding hydrogens is 240 g/mol. The van der Waals surface area contributed by atoms with Gasteiger partial charge in [0.2, 0.25) is 5.91 Å². The Kier molecular flexibility index (Phi) is 5.99. The summed E-state index contributed by atoms with van der Waals surface area (Å²) < 4.78 is 5.21. The Bertz CT molecular complexity index is 430. The van der Waals surface area contributed by atoms with Crippen LogP contribution in [0.15, 0.2) is 18.2 Å². The third-order valence-corrected chi connectivity index (χ3v) is 3.33. The Labute approximate surface area is 115 Å². The highest BCUT2D eigenvalue weighted by Gasteiger charge is 2.13. The number of nitrogens with one attached hydrogen (secondary N) is 1. The molecule has 19 heavy (non-hydrogen) atoms. The highest BCUT2D eigenvalue weighted by atomic mass is 16.5. The normalized spacial score (nSPS) is 12.7. The second-order valence-electron chi connectivity index (χ2n) is 5.19. The number of rotatable bonds is 7. The molecule has 1 rings (SSSR count). The molecule has 0 aliphatic heterocycles. The number of aryl methyl sites for hydroxylation is 1. The fourth-order valence-corrected chi connectivity index (χ4v) is 1.96. The molecule has 0 heterocycles. The molecule has 0 saturated heterocycles. The van der Waals surface area contributed by atoms with Crippen molar-refractivity contribution in [1.29, 1.82) is 0 Å². The molecule has 0 bridgehead atoms. The molecule has 0 aliphatic carbocycles. The second kappa shape index (κ2) is 7.26. The minimum absolute atomic E-state index is 0.320. The number of amides is 1. The van der Waals surface area contributed by atoms with E-state index in [0.29, 0.717) is 24.1 Å². The van der Waals surface area contributed by atoms with Crippen LogP contribution in [0.1, 0.15) is 35.3 Å². The molecule has 4 heteroatoms. The van der Waals surface area contributed by atoms with E-state index in [9.17, 15) is 4.79 Å². The standard InChI is InChI=1S/C15H24N2O2/c1-10(2)14(9-19-4)17-8-13-6-5-12(15(16)18)7-11(13)3/h5-7,10,14,17H,8-9H2,1-4H3,(H2,16,18). The fourth-order valence-electron chi connectivity index (χ4n) is 1.96. The summed E-state index contributed by atoms with van der Waals surface area (Å²) in [6, 6.07) is 5.87. The first-order valence-corrected chi connectivity index (χ1v) is 6.57. The van der Waals surface area contributed by atoms with Crippen molar-refractivity contribution in [3.63, 3.8) is 0 Å². The van der Waals surface area contributed by atoms with Crippen LogP contribution in [0.2, 0.25) is 0 Å². The first-order valence-electron chi connectivity index (χ1n) is 6.57. The van der Waals surface area contributed by atoms with Gasteiger partial charge in [-0.3, -0.25) is 4.79 Å². The van der Waals surface area contributed by atoms with Gasteiger partial charge < -0.3 is 15.8 Å². The summed E-state index contributed by atoms with van der Waals surface area (Å²) in [5, 5.41) is 3.48. The maximum atomic E-state index is 11.1. The van der Waals surface area contributed by atoms with Crippen LogP contribution in [0, 0.1) is 12.8 Å². The van der Waals surface area contributed by atoms with E-state index in [1.165, 1.54) is 5.56 Å². The van der Waals surface area contributed by atoms with Crippen LogP contribution in [-0.2, 0) is 11.3 Å². The number of hydrogen-bond acceptors (Lipinski definition) is 3. The topological polar surface area (TPSA) is 64.3 Å². The minimum atomic E-state index is -0.387. The summed E-state index contributed by atoms with van der Waals surface area (Å²) in [7, 11) is 1.71. The lowest BCUT2D eigenvalue weighted by Gasteiger charge is -2.22. The van der Waals surface area contributed by atoms with Crippen molar-refractivity contribution in [2.75, 3.05) is 13.7 Å². The van der Waals surface area contributed by atoms with E-state index < -0.39 is 0 Å². The Morgan fingerprint density at radius 1 is 1.42 bits per heavy atom. The molecule has 1 aromatic rings. The van der Waals surface area contributed by atoms with Crippen LogP contribution in [0.5, 0.6) is 0 Å². The molecule has 0 aliphatic rings. The van der Waals surface area contributed by atoms with Gasteiger partial charge in [-0.05, 0) is 36.1 Å². The Hall–Kier alpha value is -1.39. The van der Waals surface area contributed by atoms with E-state index in [1.807, 2.05) is 19.1 Å². The second-order valence-corrected chi connectivity index (χ2v) is 5.19. The molecule has 106 valence electrons. The number of primary amides is 1. The molecule has 0 fully saturated rings. The molecule has 1 unspecified atom stereocenters. The van der Waals surface area contributed by atoms with E-state index in [1.54, 1.807) is 13.2 Å². The molecule has 0 saturated carbocycles. The van der Waals surface area contributed by atoms with Crippen molar-refractivity contribution in [3.05, 3.63) is 34.9 Å². The smallest absolute Gasteiger partial charge is 0.248 e. The number of ether oxygens (including phenoxy) is 1. The number of hydrogen-bond donors (Lipinski definition) is 2.